The molecule has 0 atom stereocenters. The van der Waals surface area contributed by atoms with Crippen LogP contribution >= 0.6 is 0 Å². The van der Waals surface area contributed by atoms with Gasteiger partial charge >= 0.3 is 0 Å². The van der Waals surface area contributed by atoms with Crippen LogP contribution in [-0.2, 0) is 7.05 Å². The van der Waals surface area contributed by atoms with Gasteiger partial charge < -0.3 is 5.32 Å². The van der Waals surface area contributed by atoms with Crippen LogP contribution < -0.4 is 5.32 Å². The normalized spacial score (nSPS) is 15.7. The predicted octanol–water partition coefficient (Wildman–Crippen LogP) is 2.25. The Hall–Kier alpha value is -1.25. The standard InChI is InChI=1S/C11H17N3/c1-9-7-11(13-14(9)2)12-8-10-5-3-4-6-10/h5,7H,3-4,6,8H2,1-2H3,(H,12,13). The molecular formula is C11H17N3. The third-order valence-corrected chi connectivity index (χ3v) is 2.75. The molecule has 0 saturated heterocycles. The minimum atomic E-state index is 0.955. The number of allylic oxidation sites excluding steroid dienone is 1. The Morgan fingerprint density at radius 1 is 1.57 bits per heavy atom. The molecule has 1 aromatic rings. The van der Waals surface area contributed by atoms with Gasteiger partial charge in [0.05, 0.1) is 0 Å². The summed E-state index contributed by atoms with van der Waals surface area (Å²) in [4.78, 5) is 0. The molecule has 0 fully saturated rings. The lowest BCUT2D eigenvalue weighted by Gasteiger charge is -2.02. The van der Waals surface area contributed by atoms with Gasteiger partial charge in [-0.2, -0.15) is 5.10 Å². The van der Waals surface area contributed by atoms with Gasteiger partial charge in [-0.25, -0.2) is 0 Å². The first kappa shape index (κ1) is 9.31. The van der Waals surface area contributed by atoms with E-state index in [2.05, 4.69) is 29.5 Å². The molecule has 0 aromatic carbocycles. The largest absolute Gasteiger partial charge is 0.365 e. The molecule has 0 amide bonds. The van der Waals surface area contributed by atoms with Gasteiger partial charge in [-0.05, 0) is 26.2 Å². The Labute approximate surface area is 84.8 Å². The molecule has 1 aromatic heterocycles. The van der Waals surface area contributed by atoms with Crippen LogP contribution in [0.1, 0.15) is 25.0 Å². The van der Waals surface area contributed by atoms with E-state index in [0.29, 0.717) is 0 Å². The minimum absolute atomic E-state index is 0.955. The maximum Gasteiger partial charge on any atom is 0.148 e. The fourth-order valence-electron chi connectivity index (χ4n) is 1.75. The van der Waals surface area contributed by atoms with Crippen molar-refractivity contribution in [1.29, 1.82) is 0 Å². The Bertz CT molecular complexity index is 330. The Kier molecular flexibility index (Phi) is 2.57. The van der Waals surface area contributed by atoms with Crippen molar-refractivity contribution in [3.05, 3.63) is 23.4 Å². The van der Waals surface area contributed by atoms with E-state index in [1.807, 2.05) is 11.7 Å². The number of nitrogens with one attached hydrogen (secondary N) is 1. The topological polar surface area (TPSA) is 29.9 Å². The molecule has 0 saturated carbocycles. The number of aromatic nitrogens is 2. The molecule has 0 spiro atoms. The van der Waals surface area contributed by atoms with Gasteiger partial charge in [-0.15, -0.1) is 0 Å². The molecule has 0 aliphatic heterocycles. The van der Waals surface area contributed by atoms with Gasteiger partial charge in [0.2, 0.25) is 0 Å². The van der Waals surface area contributed by atoms with Crippen LogP contribution in [0.15, 0.2) is 17.7 Å². The zero-order valence-corrected chi connectivity index (χ0v) is 8.88. The highest BCUT2D eigenvalue weighted by atomic mass is 15.3. The van der Waals surface area contributed by atoms with Crippen LogP contribution in [0.2, 0.25) is 0 Å². The number of aryl methyl sites for hydroxylation is 2. The first-order valence-electron chi connectivity index (χ1n) is 5.18. The number of hydrogen-bond acceptors (Lipinski definition) is 2. The van der Waals surface area contributed by atoms with E-state index in [0.717, 1.165) is 12.4 Å². The van der Waals surface area contributed by atoms with Crippen LogP contribution in [0.3, 0.4) is 0 Å². The number of rotatable bonds is 3. The highest BCUT2D eigenvalue weighted by Gasteiger charge is 2.05. The molecule has 1 N–H and O–H groups in total. The van der Waals surface area contributed by atoms with Gasteiger partial charge in [-0.3, -0.25) is 4.68 Å². The Balaban J connectivity index is 1.91. The molecule has 2 rings (SSSR count). The van der Waals surface area contributed by atoms with E-state index in [1.165, 1.54) is 30.5 Å². The summed E-state index contributed by atoms with van der Waals surface area (Å²) in [7, 11) is 1.97. The van der Waals surface area contributed by atoms with E-state index >= 15 is 0 Å². The van der Waals surface area contributed by atoms with Crippen molar-refractivity contribution < 1.29 is 0 Å². The summed E-state index contributed by atoms with van der Waals surface area (Å²) in [5.74, 6) is 0.984. The highest BCUT2D eigenvalue weighted by Crippen LogP contribution is 2.18. The van der Waals surface area contributed by atoms with Crippen LogP contribution in [0.25, 0.3) is 0 Å². The third-order valence-electron chi connectivity index (χ3n) is 2.75. The Morgan fingerprint density at radius 3 is 3.00 bits per heavy atom. The van der Waals surface area contributed by atoms with Gasteiger partial charge in [0.15, 0.2) is 0 Å². The van der Waals surface area contributed by atoms with E-state index in [4.69, 9.17) is 0 Å². The van der Waals surface area contributed by atoms with Gasteiger partial charge in [0.25, 0.3) is 0 Å². The maximum atomic E-state index is 4.35. The molecule has 1 aliphatic rings. The fourth-order valence-corrected chi connectivity index (χ4v) is 1.75. The second-order valence-corrected chi connectivity index (χ2v) is 3.90. The lowest BCUT2D eigenvalue weighted by molar-refractivity contribution is 0.741. The zero-order valence-electron chi connectivity index (χ0n) is 8.88. The van der Waals surface area contributed by atoms with Crippen molar-refractivity contribution in [2.45, 2.75) is 26.2 Å². The lowest BCUT2D eigenvalue weighted by atomic mass is 10.2. The van der Waals surface area contributed by atoms with Crippen LogP contribution in [0.4, 0.5) is 5.82 Å². The van der Waals surface area contributed by atoms with Crippen molar-refractivity contribution in [1.82, 2.24) is 9.78 Å². The van der Waals surface area contributed by atoms with Crippen molar-refractivity contribution >= 4 is 5.82 Å². The molecule has 1 heterocycles. The summed E-state index contributed by atoms with van der Waals surface area (Å²) in [5, 5.41) is 7.70. The summed E-state index contributed by atoms with van der Waals surface area (Å²) >= 11 is 0. The number of nitrogens with zero attached hydrogens (tertiary/aromatic N) is 2. The first-order valence-corrected chi connectivity index (χ1v) is 5.18. The molecule has 3 nitrogen and oxygen atoms in total. The molecule has 0 unspecified atom stereocenters. The first-order chi connectivity index (χ1) is 6.75. The Morgan fingerprint density at radius 2 is 2.43 bits per heavy atom. The SMILES string of the molecule is Cc1cc(NCC2=CCCC2)nn1C. The predicted molar refractivity (Wildman–Crippen MR) is 58.4 cm³/mol. The second kappa shape index (κ2) is 3.86. The van der Waals surface area contributed by atoms with E-state index in [-0.39, 0.29) is 0 Å². The number of hydrogen-bond donors (Lipinski definition) is 1. The smallest absolute Gasteiger partial charge is 0.148 e. The maximum absolute atomic E-state index is 4.35. The van der Waals surface area contributed by atoms with E-state index in [1.54, 1.807) is 0 Å². The van der Waals surface area contributed by atoms with E-state index < -0.39 is 0 Å². The quantitative estimate of drug-likeness (QED) is 0.743. The lowest BCUT2D eigenvalue weighted by Crippen LogP contribution is -2.04. The van der Waals surface area contributed by atoms with Crippen molar-refractivity contribution in [3.8, 4) is 0 Å². The molecule has 14 heavy (non-hydrogen) atoms. The third kappa shape index (κ3) is 1.97. The monoisotopic (exact) mass is 191 g/mol. The average molecular weight is 191 g/mol. The molecule has 3 heteroatoms. The molecular weight excluding hydrogens is 174 g/mol. The van der Waals surface area contributed by atoms with E-state index in [9.17, 15) is 0 Å². The summed E-state index contributed by atoms with van der Waals surface area (Å²) in [6.07, 6.45) is 6.15. The van der Waals surface area contributed by atoms with Crippen LogP contribution in [0.5, 0.6) is 0 Å². The summed E-state index contributed by atoms with van der Waals surface area (Å²) < 4.78 is 1.89. The van der Waals surface area contributed by atoms with Gasteiger partial charge in [0.1, 0.15) is 5.82 Å². The van der Waals surface area contributed by atoms with Gasteiger partial charge in [0, 0.05) is 25.4 Å². The van der Waals surface area contributed by atoms with Crippen molar-refractivity contribution in [2.75, 3.05) is 11.9 Å². The minimum Gasteiger partial charge on any atom is -0.365 e. The summed E-state index contributed by atoms with van der Waals surface area (Å²) in [6.45, 7) is 3.02. The van der Waals surface area contributed by atoms with Crippen LogP contribution in [0, 0.1) is 6.92 Å². The fraction of sp³-hybridized carbons (Fsp3) is 0.545. The average Bonchev–Trinajstić information content (AvgIpc) is 2.74. The molecule has 0 bridgehead atoms. The van der Waals surface area contributed by atoms with Crippen molar-refractivity contribution in [3.63, 3.8) is 0 Å². The molecule has 0 radical (unpaired) electrons. The second-order valence-electron chi connectivity index (χ2n) is 3.90. The van der Waals surface area contributed by atoms with Crippen LogP contribution in [-0.4, -0.2) is 16.3 Å². The van der Waals surface area contributed by atoms with Crippen molar-refractivity contribution in [2.24, 2.45) is 7.05 Å². The zero-order chi connectivity index (χ0) is 9.97. The summed E-state index contributed by atoms with van der Waals surface area (Å²) in [5.41, 5.74) is 2.71. The summed E-state index contributed by atoms with van der Waals surface area (Å²) in [6, 6.07) is 2.08. The van der Waals surface area contributed by atoms with Gasteiger partial charge in [-0.1, -0.05) is 11.6 Å². The molecule has 1 aliphatic carbocycles. The molecule has 76 valence electrons. The highest BCUT2D eigenvalue weighted by molar-refractivity contribution is 5.37. The number of anilines is 1.